The fourth-order valence-electron chi connectivity index (χ4n) is 2.71. The molecule has 0 bridgehead atoms. The van der Waals surface area contributed by atoms with Gasteiger partial charge in [0.2, 0.25) is 0 Å². The minimum Gasteiger partial charge on any atom is -0.465 e. The first-order valence-electron chi connectivity index (χ1n) is 8.28. The summed E-state index contributed by atoms with van der Waals surface area (Å²) in [4.78, 5) is 15.8. The van der Waals surface area contributed by atoms with E-state index in [1.54, 1.807) is 0 Å². The van der Waals surface area contributed by atoms with Crippen molar-refractivity contribution < 1.29 is 14.3 Å². The predicted molar refractivity (Wildman–Crippen MR) is 93.1 cm³/mol. The van der Waals surface area contributed by atoms with Gasteiger partial charge in [-0.1, -0.05) is 25.9 Å². The minimum absolute atomic E-state index is 0.0631. The van der Waals surface area contributed by atoms with Crippen molar-refractivity contribution >= 4 is 14.4 Å². The Balaban J connectivity index is 2.87. The predicted octanol–water partition coefficient (Wildman–Crippen LogP) is 4.61. The quantitative estimate of drug-likeness (QED) is 0.251. The molecule has 1 fully saturated rings. The number of likely N-dealkylation sites (tertiary alicyclic amines) is 1. The summed E-state index contributed by atoms with van der Waals surface area (Å²) < 4.78 is 6.52. The molecule has 23 heavy (non-hydrogen) atoms. The lowest BCUT2D eigenvalue weighted by atomic mass is 9.95. The summed E-state index contributed by atoms with van der Waals surface area (Å²) in [7, 11) is -1.95. The van der Waals surface area contributed by atoms with Crippen LogP contribution in [0.3, 0.4) is 0 Å². The van der Waals surface area contributed by atoms with Crippen LogP contribution in [0.25, 0.3) is 10.4 Å². The monoisotopic (exact) mass is 342 g/mol. The second kappa shape index (κ2) is 8.03. The molecular formula is C15H30N4O3Si. The summed E-state index contributed by atoms with van der Waals surface area (Å²) in [5, 5.41) is 13.1. The Kier molecular flexibility index (Phi) is 6.92. The van der Waals surface area contributed by atoms with Gasteiger partial charge in [0.05, 0.1) is 12.1 Å². The van der Waals surface area contributed by atoms with Gasteiger partial charge in [0, 0.05) is 18.0 Å². The van der Waals surface area contributed by atoms with Crippen molar-refractivity contribution in [1.82, 2.24) is 4.90 Å². The van der Waals surface area contributed by atoms with Crippen molar-refractivity contribution in [3.8, 4) is 0 Å². The molecule has 0 aromatic carbocycles. The van der Waals surface area contributed by atoms with E-state index in [2.05, 4.69) is 43.9 Å². The van der Waals surface area contributed by atoms with Crippen LogP contribution in [0.1, 0.15) is 46.5 Å². The molecule has 8 heteroatoms. The Morgan fingerprint density at radius 2 is 2.13 bits per heavy atom. The van der Waals surface area contributed by atoms with Gasteiger partial charge in [-0.05, 0) is 49.3 Å². The fraction of sp³-hybridized carbons (Fsp3) is 0.933. The van der Waals surface area contributed by atoms with E-state index >= 15 is 0 Å². The second-order valence-electron chi connectivity index (χ2n) is 7.70. The largest absolute Gasteiger partial charge is 0.465 e. The molecule has 1 N–H and O–H groups in total. The van der Waals surface area contributed by atoms with E-state index in [9.17, 15) is 9.90 Å². The highest BCUT2D eigenvalue weighted by Crippen LogP contribution is 2.39. The molecular weight excluding hydrogens is 312 g/mol. The van der Waals surface area contributed by atoms with Crippen molar-refractivity contribution in [1.29, 1.82) is 0 Å². The molecule has 7 nitrogen and oxygen atoms in total. The van der Waals surface area contributed by atoms with Crippen molar-refractivity contribution in [3.63, 3.8) is 0 Å². The zero-order valence-electron chi connectivity index (χ0n) is 14.9. The number of hydrogen-bond acceptors (Lipinski definition) is 3. The van der Waals surface area contributed by atoms with Crippen LogP contribution in [0.4, 0.5) is 4.79 Å². The SMILES string of the molecule is CC(C)(C)[Si](C)(C)O[C@H]1CCCN(C(=O)O)[C@@H]1CCCN=[N+]=[N-]. The van der Waals surface area contributed by atoms with Gasteiger partial charge in [-0.25, -0.2) is 4.79 Å². The second-order valence-corrected chi connectivity index (χ2v) is 12.5. The zero-order valence-corrected chi connectivity index (χ0v) is 15.9. The number of hydrogen-bond donors (Lipinski definition) is 1. The van der Waals surface area contributed by atoms with Gasteiger partial charge in [0.25, 0.3) is 0 Å². The highest BCUT2D eigenvalue weighted by molar-refractivity contribution is 6.74. The molecule has 132 valence electrons. The van der Waals surface area contributed by atoms with Crippen molar-refractivity contribution in [2.24, 2.45) is 5.11 Å². The Bertz CT molecular complexity index is 458. The third-order valence-electron chi connectivity index (χ3n) is 5.04. The molecule has 0 unspecified atom stereocenters. The maximum absolute atomic E-state index is 11.6. The maximum atomic E-state index is 11.6. The van der Waals surface area contributed by atoms with Crippen LogP contribution in [0.5, 0.6) is 0 Å². The Labute approximate surface area is 139 Å². The number of rotatable bonds is 6. The third kappa shape index (κ3) is 5.41. The van der Waals surface area contributed by atoms with Gasteiger partial charge in [-0.2, -0.15) is 0 Å². The van der Waals surface area contributed by atoms with Crippen LogP contribution in [0.15, 0.2) is 5.11 Å². The van der Waals surface area contributed by atoms with E-state index in [1.165, 1.54) is 4.90 Å². The van der Waals surface area contributed by atoms with E-state index in [0.29, 0.717) is 25.9 Å². The van der Waals surface area contributed by atoms with Crippen LogP contribution in [0, 0.1) is 0 Å². The third-order valence-corrected chi connectivity index (χ3v) is 9.54. The molecule has 0 spiro atoms. The van der Waals surface area contributed by atoms with Gasteiger partial charge in [-0.15, -0.1) is 0 Å². The Morgan fingerprint density at radius 3 is 2.65 bits per heavy atom. The standard InChI is InChI=1S/C15H30N4O3Si/c1-15(2,3)23(4,5)22-13-9-7-11-19(14(20)21)12(13)8-6-10-17-18-16/h12-13H,6-11H2,1-5H3,(H,20,21)/t12-,13+/m1/s1. The van der Waals surface area contributed by atoms with Crippen molar-refractivity contribution in [2.45, 2.75) is 76.7 Å². The summed E-state index contributed by atoms with van der Waals surface area (Å²) in [6.45, 7) is 11.9. The zero-order chi connectivity index (χ0) is 17.7. The molecule has 1 heterocycles. The topological polar surface area (TPSA) is 98.5 Å². The number of carboxylic acid groups (broad SMARTS) is 1. The molecule has 0 saturated carbocycles. The Morgan fingerprint density at radius 1 is 1.48 bits per heavy atom. The summed E-state index contributed by atoms with van der Waals surface area (Å²) in [5.74, 6) is 0. The lowest BCUT2D eigenvalue weighted by Crippen LogP contribution is -2.55. The van der Waals surface area contributed by atoms with Crippen LogP contribution >= 0.6 is 0 Å². The molecule has 2 atom stereocenters. The first-order valence-corrected chi connectivity index (χ1v) is 11.2. The van der Waals surface area contributed by atoms with Crippen LogP contribution in [-0.2, 0) is 4.43 Å². The maximum Gasteiger partial charge on any atom is 0.407 e. The molecule has 0 aromatic rings. The molecule has 1 amide bonds. The van der Waals surface area contributed by atoms with Crippen LogP contribution in [-0.4, -0.2) is 49.7 Å². The molecule has 1 aliphatic heterocycles. The van der Waals surface area contributed by atoms with Gasteiger partial charge in [-0.3, -0.25) is 0 Å². The smallest absolute Gasteiger partial charge is 0.407 e. The highest BCUT2D eigenvalue weighted by atomic mass is 28.4. The molecule has 1 aliphatic rings. The van der Waals surface area contributed by atoms with E-state index in [4.69, 9.17) is 9.96 Å². The van der Waals surface area contributed by atoms with Gasteiger partial charge in [0.15, 0.2) is 8.32 Å². The summed E-state index contributed by atoms with van der Waals surface area (Å²) >= 11 is 0. The van der Waals surface area contributed by atoms with E-state index in [1.807, 2.05) is 0 Å². The van der Waals surface area contributed by atoms with E-state index in [-0.39, 0.29) is 17.2 Å². The van der Waals surface area contributed by atoms with Gasteiger partial charge < -0.3 is 14.4 Å². The molecule has 1 rings (SSSR count). The number of carbonyl (C=O) groups is 1. The molecule has 0 aromatic heterocycles. The average Bonchev–Trinajstić information content (AvgIpc) is 2.42. The number of amides is 1. The van der Waals surface area contributed by atoms with Gasteiger partial charge >= 0.3 is 6.09 Å². The van der Waals surface area contributed by atoms with E-state index < -0.39 is 14.4 Å². The minimum atomic E-state index is -1.95. The summed E-state index contributed by atoms with van der Waals surface area (Å²) in [5.41, 5.74) is 8.37. The summed E-state index contributed by atoms with van der Waals surface area (Å²) in [6, 6.07) is -0.149. The molecule has 1 saturated heterocycles. The molecule has 0 radical (unpaired) electrons. The fourth-order valence-corrected chi connectivity index (χ4v) is 4.09. The van der Waals surface area contributed by atoms with Crippen molar-refractivity contribution in [3.05, 3.63) is 10.4 Å². The molecule has 0 aliphatic carbocycles. The Hall–Kier alpha value is -1.24. The first kappa shape index (κ1) is 19.8. The average molecular weight is 343 g/mol. The lowest BCUT2D eigenvalue weighted by Gasteiger charge is -2.46. The van der Waals surface area contributed by atoms with E-state index in [0.717, 1.165) is 12.8 Å². The normalized spacial score (nSPS) is 22.6. The highest BCUT2D eigenvalue weighted by Gasteiger charge is 2.43. The van der Waals surface area contributed by atoms with Crippen LogP contribution < -0.4 is 0 Å². The van der Waals surface area contributed by atoms with Gasteiger partial charge in [0.1, 0.15) is 0 Å². The van der Waals surface area contributed by atoms with Crippen LogP contribution in [0.2, 0.25) is 18.1 Å². The number of nitrogens with zero attached hydrogens (tertiary/aromatic N) is 4. The number of piperidine rings is 1. The lowest BCUT2D eigenvalue weighted by molar-refractivity contribution is 0.0188. The number of azide groups is 1. The van der Waals surface area contributed by atoms with Crippen molar-refractivity contribution in [2.75, 3.05) is 13.1 Å². The summed E-state index contributed by atoms with van der Waals surface area (Å²) in [6.07, 6.45) is 2.12. The first-order chi connectivity index (χ1) is 10.6.